The zero-order chi connectivity index (χ0) is 25.6. The van der Waals surface area contributed by atoms with Gasteiger partial charge in [-0.2, -0.15) is 0 Å². The van der Waals surface area contributed by atoms with Crippen LogP contribution in [0.25, 0.3) is 0 Å². The van der Waals surface area contributed by atoms with Gasteiger partial charge in [0.25, 0.3) is 5.91 Å². The summed E-state index contributed by atoms with van der Waals surface area (Å²) in [6, 6.07) is 26.2. The first-order valence-corrected chi connectivity index (χ1v) is 13.9. The number of hydrogen-bond donors (Lipinski definition) is 0. The Morgan fingerprint density at radius 3 is 2.30 bits per heavy atom. The second kappa shape index (κ2) is 12.1. The maximum absolute atomic E-state index is 13.6. The molecule has 3 aromatic carbocycles. The summed E-state index contributed by atoms with van der Waals surface area (Å²) in [4.78, 5) is 30.8. The van der Waals surface area contributed by atoms with Crippen molar-refractivity contribution in [1.82, 2.24) is 9.80 Å². The van der Waals surface area contributed by atoms with Crippen LogP contribution in [-0.4, -0.2) is 47.7 Å². The summed E-state index contributed by atoms with van der Waals surface area (Å²) in [6.45, 7) is 4.11. The monoisotopic (exact) mass is 514 g/mol. The lowest BCUT2D eigenvalue weighted by atomic mass is 9.85. The molecule has 0 radical (unpaired) electrons. The molecule has 0 aliphatic carbocycles. The predicted octanol–water partition coefficient (Wildman–Crippen LogP) is 6.38. The molecule has 0 spiro atoms. The highest BCUT2D eigenvalue weighted by atomic mass is 35.5. The number of carbonyl (C=O) groups is 2. The molecule has 0 bridgehead atoms. The van der Waals surface area contributed by atoms with Gasteiger partial charge in [0.05, 0.1) is 5.92 Å². The molecule has 0 saturated carbocycles. The average Bonchev–Trinajstić information content (AvgIpc) is 3.12. The normalized spacial score (nSPS) is 18.7. The molecular formula is C32H35ClN2O2. The van der Waals surface area contributed by atoms with Gasteiger partial charge in [0.15, 0.2) is 0 Å². The third-order valence-electron chi connectivity index (χ3n) is 8.00. The van der Waals surface area contributed by atoms with Crippen LogP contribution in [0, 0.1) is 5.92 Å². The summed E-state index contributed by atoms with van der Waals surface area (Å²) >= 11 is 5.96. The number of Topliss-reactive ketones (excluding diaryl/α,β-unsaturated/α-hetero) is 1. The van der Waals surface area contributed by atoms with E-state index in [2.05, 4.69) is 53.4 Å². The first-order chi connectivity index (χ1) is 18.1. The van der Waals surface area contributed by atoms with Gasteiger partial charge in [-0.15, -0.1) is 0 Å². The van der Waals surface area contributed by atoms with Gasteiger partial charge >= 0.3 is 0 Å². The van der Waals surface area contributed by atoms with Crippen molar-refractivity contribution in [3.63, 3.8) is 0 Å². The molecule has 1 amide bonds. The Kier molecular flexibility index (Phi) is 8.38. The maximum Gasteiger partial charge on any atom is 0.253 e. The topological polar surface area (TPSA) is 40.6 Å². The highest BCUT2D eigenvalue weighted by molar-refractivity contribution is 6.30. The van der Waals surface area contributed by atoms with Crippen molar-refractivity contribution in [1.29, 1.82) is 0 Å². The standard InChI is InChI=1S/C32H35ClN2O2/c33-28-13-11-27(12-14-28)32(37)35-20-16-24(17-21-35)10-15-31(36)30-23-34(22-25-6-2-1-3-7-25)19-18-26-8-4-5-9-29(26)30/h1-9,11-14,24,30H,10,15-23H2. The lowest BCUT2D eigenvalue weighted by molar-refractivity contribution is -0.121. The molecule has 1 fully saturated rings. The number of piperidine rings is 1. The molecule has 0 N–H and O–H groups in total. The van der Waals surface area contributed by atoms with Crippen LogP contribution in [0.15, 0.2) is 78.9 Å². The molecule has 3 aromatic rings. The average molecular weight is 515 g/mol. The number of benzene rings is 3. The third-order valence-corrected chi connectivity index (χ3v) is 8.25. The number of carbonyl (C=O) groups excluding carboxylic acids is 2. The van der Waals surface area contributed by atoms with Crippen LogP contribution in [0.4, 0.5) is 0 Å². The van der Waals surface area contributed by atoms with Gasteiger partial charge in [-0.1, -0.05) is 66.2 Å². The summed E-state index contributed by atoms with van der Waals surface area (Å²) in [7, 11) is 0. The van der Waals surface area contributed by atoms with Crippen LogP contribution in [0.3, 0.4) is 0 Å². The fourth-order valence-corrected chi connectivity index (χ4v) is 5.94. The molecule has 4 nitrogen and oxygen atoms in total. The zero-order valence-corrected chi connectivity index (χ0v) is 22.1. The fraction of sp³-hybridized carbons (Fsp3) is 0.375. The summed E-state index contributed by atoms with van der Waals surface area (Å²) in [6.07, 6.45) is 4.39. The number of hydrogen-bond acceptors (Lipinski definition) is 3. The largest absolute Gasteiger partial charge is 0.339 e. The number of rotatable bonds is 7. The summed E-state index contributed by atoms with van der Waals surface area (Å²) in [5.41, 5.74) is 4.50. The van der Waals surface area contributed by atoms with Gasteiger partial charge in [-0.25, -0.2) is 0 Å². The Bertz CT molecular complexity index is 1200. The van der Waals surface area contributed by atoms with Gasteiger partial charge in [-0.3, -0.25) is 14.5 Å². The van der Waals surface area contributed by atoms with E-state index < -0.39 is 0 Å². The number of likely N-dealkylation sites (tertiary alicyclic amines) is 1. The molecule has 5 heteroatoms. The van der Waals surface area contributed by atoms with E-state index >= 15 is 0 Å². The van der Waals surface area contributed by atoms with Gasteiger partial charge in [0, 0.05) is 49.7 Å². The Morgan fingerprint density at radius 2 is 1.54 bits per heavy atom. The van der Waals surface area contributed by atoms with Gasteiger partial charge in [0.2, 0.25) is 0 Å². The number of halogens is 1. The second-order valence-electron chi connectivity index (χ2n) is 10.5. The molecular weight excluding hydrogens is 480 g/mol. The van der Waals surface area contributed by atoms with Crippen molar-refractivity contribution in [3.05, 3.63) is 106 Å². The quantitative estimate of drug-likeness (QED) is 0.367. The molecule has 192 valence electrons. The first kappa shape index (κ1) is 25.7. The Balaban J connectivity index is 1.18. The van der Waals surface area contributed by atoms with Crippen molar-refractivity contribution in [2.45, 2.75) is 44.6 Å². The van der Waals surface area contributed by atoms with Gasteiger partial charge in [0.1, 0.15) is 5.78 Å². The van der Waals surface area contributed by atoms with Gasteiger partial charge in [-0.05, 0) is 72.6 Å². The molecule has 37 heavy (non-hydrogen) atoms. The van der Waals surface area contributed by atoms with Gasteiger partial charge < -0.3 is 4.90 Å². The predicted molar refractivity (Wildman–Crippen MR) is 149 cm³/mol. The molecule has 2 aliphatic rings. The highest BCUT2D eigenvalue weighted by Gasteiger charge is 2.30. The molecule has 1 saturated heterocycles. The van der Waals surface area contributed by atoms with E-state index in [4.69, 9.17) is 11.6 Å². The zero-order valence-electron chi connectivity index (χ0n) is 21.3. The minimum absolute atomic E-state index is 0.0692. The third kappa shape index (κ3) is 6.49. The number of ketones is 1. The smallest absolute Gasteiger partial charge is 0.253 e. The van der Waals surface area contributed by atoms with Crippen molar-refractivity contribution in [3.8, 4) is 0 Å². The first-order valence-electron chi connectivity index (χ1n) is 13.5. The van der Waals surface area contributed by atoms with E-state index in [0.717, 1.165) is 58.4 Å². The maximum atomic E-state index is 13.6. The summed E-state index contributed by atoms with van der Waals surface area (Å²) < 4.78 is 0. The van der Waals surface area contributed by atoms with Crippen molar-refractivity contribution >= 4 is 23.3 Å². The molecule has 1 atom stereocenters. The number of fused-ring (bicyclic) bond motifs is 1. The van der Waals surface area contributed by atoms with E-state index in [-0.39, 0.29) is 11.8 Å². The van der Waals surface area contributed by atoms with Crippen molar-refractivity contribution in [2.24, 2.45) is 5.92 Å². The number of amides is 1. The lowest BCUT2D eigenvalue weighted by Crippen LogP contribution is -2.38. The van der Waals surface area contributed by atoms with Crippen LogP contribution in [-0.2, 0) is 17.8 Å². The van der Waals surface area contributed by atoms with E-state index in [1.54, 1.807) is 24.3 Å². The van der Waals surface area contributed by atoms with Crippen molar-refractivity contribution in [2.75, 3.05) is 26.2 Å². The molecule has 2 heterocycles. The highest BCUT2D eigenvalue weighted by Crippen LogP contribution is 2.30. The molecule has 5 rings (SSSR count). The molecule has 0 aromatic heterocycles. The Morgan fingerprint density at radius 1 is 0.838 bits per heavy atom. The Hall–Kier alpha value is -2.95. The minimum atomic E-state index is -0.0750. The summed E-state index contributed by atoms with van der Waals surface area (Å²) in [5, 5.41) is 0.638. The minimum Gasteiger partial charge on any atom is -0.339 e. The lowest BCUT2D eigenvalue weighted by Gasteiger charge is -2.32. The SMILES string of the molecule is O=C(CCC1CCN(C(=O)c2ccc(Cl)cc2)CC1)C1CN(Cc2ccccc2)CCc2ccccc21. The number of nitrogens with zero attached hydrogens (tertiary/aromatic N) is 2. The van der Waals surface area contributed by atoms with Crippen LogP contribution in [0.5, 0.6) is 0 Å². The second-order valence-corrected chi connectivity index (χ2v) is 10.9. The van der Waals surface area contributed by atoms with Crippen LogP contribution >= 0.6 is 11.6 Å². The molecule has 1 unspecified atom stereocenters. The molecule has 2 aliphatic heterocycles. The van der Waals surface area contributed by atoms with E-state index in [0.29, 0.717) is 28.7 Å². The Labute approximate surface area is 225 Å². The van der Waals surface area contributed by atoms with E-state index in [1.165, 1.54) is 16.7 Å². The van der Waals surface area contributed by atoms with Crippen LogP contribution < -0.4 is 0 Å². The van der Waals surface area contributed by atoms with Crippen LogP contribution in [0.2, 0.25) is 5.02 Å². The van der Waals surface area contributed by atoms with Crippen LogP contribution in [0.1, 0.15) is 58.6 Å². The summed E-state index contributed by atoms with van der Waals surface area (Å²) in [5.74, 6) is 0.834. The fourth-order valence-electron chi connectivity index (χ4n) is 5.81. The van der Waals surface area contributed by atoms with E-state index in [9.17, 15) is 9.59 Å². The van der Waals surface area contributed by atoms with E-state index in [1.807, 2.05) is 11.0 Å². The van der Waals surface area contributed by atoms with Crippen molar-refractivity contribution < 1.29 is 9.59 Å².